The first-order valence-corrected chi connectivity index (χ1v) is 8.53. The summed E-state index contributed by atoms with van der Waals surface area (Å²) < 4.78 is 13.3. The van der Waals surface area contributed by atoms with Crippen LogP contribution in [0.5, 0.6) is 0 Å². The Bertz CT molecular complexity index is 865. The maximum absolute atomic E-state index is 13.3. The van der Waals surface area contributed by atoms with E-state index in [1.165, 1.54) is 18.5 Å². The molecule has 0 aliphatic carbocycles. The molecule has 1 aromatic carbocycles. The number of benzene rings is 1. The Balaban J connectivity index is 1.43. The van der Waals surface area contributed by atoms with Gasteiger partial charge in [-0.2, -0.15) is 0 Å². The highest BCUT2D eigenvalue weighted by molar-refractivity contribution is 5.59. The zero-order chi connectivity index (χ0) is 17.8. The van der Waals surface area contributed by atoms with Gasteiger partial charge in [0, 0.05) is 44.1 Å². The fourth-order valence-corrected chi connectivity index (χ4v) is 3.01. The minimum absolute atomic E-state index is 0.282. The number of aromatic nitrogens is 3. The largest absolute Gasteiger partial charge is 0.353 e. The first kappa shape index (κ1) is 16.3. The lowest BCUT2D eigenvalue weighted by Crippen LogP contribution is -2.47. The highest BCUT2D eigenvalue weighted by Crippen LogP contribution is 2.21. The lowest BCUT2D eigenvalue weighted by atomic mass is 10.3. The smallest absolute Gasteiger partial charge is 0.135 e. The standard InChI is InChI=1S/C19H19FN6/c20-15-4-3-5-16(12-15)24-17-13-19(23-14-22-17)26-10-8-25(9-11-26)18-6-1-2-7-21-18/h1-7,12-14H,8-11H2,(H,22,23,24). The second kappa shape index (κ2) is 7.35. The number of halogens is 1. The molecule has 1 aliphatic heterocycles. The number of pyridine rings is 1. The second-order valence-corrected chi connectivity index (χ2v) is 6.06. The molecule has 0 atom stereocenters. The van der Waals surface area contributed by atoms with E-state index in [9.17, 15) is 4.39 Å². The Morgan fingerprint density at radius 1 is 0.808 bits per heavy atom. The van der Waals surface area contributed by atoms with Gasteiger partial charge in [-0.3, -0.25) is 0 Å². The van der Waals surface area contributed by atoms with Crippen molar-refractivity contribution in [3.63, 3.8) is 0 Å². The Hall–Kier alpha value is -3.22. The Morgan fingerprint density at radius 2 is 1.62 bits per heavy atom. The van der Waals surface area contributed by atoms with E-state index >= 15 is 0 Å². The molecule has 4 rings (SSSR count). The van der Waals surface area contributed by atoms with Crippen LogP contribution in [0.4, 0.5) is 27.5 Å². The monoisotopic (exact) mass is 350 g/mol. The minimum atomic E-state index is -0.282. The van der Waals surface area contributed by atoms with Crippen molar-refractivity contribution in [1.29, 1.82) is 0 Å². The molecule has 3 aromatic rings. The van der Waals surface area contributed by atoms with Gasteiger partial charge in [-0.05, 0) is 30.3 Å². The average molecular weight is 350 g/mol. The van der Waals surface area contributed by atoms with Crippen molar-refractivity contribution in [3.8, 4) is 0 Å². The molecule has 2 aromatic heterocycles. The molecular formula is C19H19FN6. The Kier molecular flexibility index (Phi) is 4.59. The van der Waals surface area contributed by atoms with E-state index in [2.05, 4.69) is 30.1 Å². The van der Waals surface area contributed by atoms with E-state index < -0.39 is 0 Å². The van der Waals surface area contributed by atoms with Gasteiger partial charge >= 0.3 is 0 Å². The summed E-state index contributed by atoms with van der Waals surface area (Å²) in [7, 11) is 0. The van der Waals surface area contributed by atoms with Crippen LogP contribution in [-0.4, -0.2) is 41.1 Å². The molecule has 1 aliphatic rings. The van der Waals surface area contributed by atoms with Crippen LogP contribution in [0.2, 0.25) is 0 Å². The molecule has 1 saturated heterocycles. The summed E-state index contributed by atoms with van der Waals surface area (Å²) in [6.07, 6.45) is 3.35. The van der Waals surface area contributed by atoms with Crippen molar-refractivity contribution in [3.05, 3.63) is 66.9 Å². The minimum Gasteiger partial charge on any atom is -0.353 e. The fourth-order valence-electron chi connectivity index (χ4n) is 3.01. The number of nitrogens with zero attached hydrogens (tertiary/aromatic N) is 5. The van der Waals surface area contributed by atoms with Gasteiger partial charge in [0.15, 0.2) is 0 Å². The molecule has 26 heavy (non-hydrogen) atoms. The van der Waals surface area contributed by atoms with E-state index in [0.29, 0.717) is 11.5 Å². The first-order chi connectivity index (χ1) is 12.8. The van der Waals surface area contributed by atoms with E-state index in [1.807, 2.05) is 30.5 Å². The molecule has 0 spiro atoms. The highest BCUT2D eigenvalue weighted by Gasteiger charge is 2.19. The van der Waals surface area contributed by atoms with Crippen LogP contribution < -0.4 is 15.1 Å². The number of hydrogen-bond acceptors (Lipinski definition) is 6. The zero-order valence-corrected chi connectivity index (χ0v) is 14.2. The molecule has 0 amide bonds. The molecule has 1 fully saturated rings. The summed E-state index contributed by atoms with van der Waals surface area (Å²) in [6, 6.07) is 14.2. The Morgan fingerprint density at radius 3 is 2.35 bits per heavy atom. The number of anilines is 4. The van der Waals surface area contributed by atoms with Gasteiger partial charge in [0.1, 0.15) is 29.6 Å². The van der Waals surface area contributed by atoms with Crippen LogP contribution in [-0.2, 0) is 0 Å². The summed E-state index contributed by atoms with van der Waals surface area (Å²) in [5.41, 5.74) is 0.662. The second-order valence-electron chi connectivity index (χ2n) is 6.06. The maximum atomic E-state index is 13.3. The van der Waals surface area contributed by atoms with Crippen LogP contribution in [0.1, 0.15) is 0 Å². The van der Waals surface area contributed by atoms with Crippen molar-refractivity contribution in [2.45, 2.75) is 0 Å². The summed E-state index contributed by atoms with van der Waals surface area (Å²) in [4.78, 5) is 17.5. The van der Waals surface area contributed by atoms with Crippen molar-refractivity contribution >= 4 is 23.1 Å². The molecule has 0 radical (unpaired) electrons. The third-order valence-corrected chi connectivity index (χ3v) is 4.33. The lowest BCUT2D eigenvalue weighted by Gasteiger charge is -2.36. The number of rotatable bonds is 4. The van der Waals surface area contributed by atoms with Crippen molar-refractivity contribution < 1.29 is 4.39 Å². The predicted molar refractivity (Wildman–Crippen MR) is 100 cm³/mol. The third-order valence-electron chi connectivity index (χ3n) is 4.33. The van der Waals surface area contributed by atoms with Crippen LogP contribution in [0.15, 0.2) is 61.1 Å². The van der Waals surface area contributed by atoms with E-state index in [0.717, 1.165) is 37.8 Å². The molecule has 6 nitrogen and oxygen atoms in total. The maximum Gasteiger partial charge on any atom is 0.135 e. The van der Waals surface area contributed by atoms with Gasteiger partial charge in [-0.25, -0.2) is 19.3 Å². The quantitative estimate of drug-likeness (QED) is 0.780. The molecule has 0 unspecified atom stereocenters. The number of piperazine rings is 1. The van der Waals surface area contributed by atoms with E-state index in [4.69, 9.17) is 0 Å². The number of nitrogens with one attached hydrogen (secondary N) is 1. The van der Waals surface area contributed by atoms with Crippen LogP contribution in [0, 0.1) is 5.82 Å². The van der Waals surface area contributed by atoms with Crippen molar-refractivity contribution in [2.75, 3.05) is 41.3 Å². The Labute approximate surface area is 151 Å². The molecule has 0 saturated carbocycles. The molecular weight excluding hydrogens is 331 g/mol. The van der Waals surface area contributed by atoms with Crippen LogP contribution in [0.25, 0.3) is 0 Å². The fraction of sp³-hybridized carbons (Fsp3) is 0.211. The van der Waals surface area contributed by atoms with Gasteiger partial charge in [-0.1, -0.05) is 12.1 Å². The van der Waals surface area contributed by atoms with Gasteiger partial charge < -0.3 is 15.1 Å². The summed E-state index contributed by atoms with van der Waals surface area (Å²) in [6.45, 7) is 3.47. The van der Waals surface area contributed by atoms with Gasteiger partial charge in [0.2, 0.25) is 0 Å². The van der Waals surface area contributed by atoms with E-state index in [-0.39, 0.29) is 5.82 Å². The highest BCUT2D eigenvalue weighted by atomic mass is 19.1. The van der Waals surface area contributed by atoms with Gasteiger partial charge in [-0.15, -0.1) is 0 Å². The lowest BCUT2D eigenvalue weighted by molar-refractivity contribution is 0.628. The van der Waals surface area contributed by atoms with Crippen molar-refractivity contribution in [2.24, 2.45) is 0 Å². The summed E-state index contributed by atoms with van der Waals surface area (Å²) in [5.74, 6) is 2.23. The SMILES string of the molecule is Fc1cccc(Nc2cc(N3CCN(c4ccccn4)CC3)ncn2)c1. The molecule has 0 bridgehead atoms. The molecule has 7 heteroatoms. The molecule has 3 heterocycles. The molecule has 132 valence electrons. The average Bonchev–Trinajstić information content (AvgIpc) is 2.69. The van der Waals surface area contributed by atoms with Crippen LogP contribution in [0.3, 0.4) is 0 Å². The third kappa shape index (κ3) is 3.72. The van der Waals surface area contributed by atoms with Crippen LogP contribution >= 0.6 is 0 Å². The first-order valence-electron chi connectivity index (χ1n) is 8.53. The van der Waals surface area contributed by atoms with Gasteiger partial charge in [0.25, 0.3) is 0 Å². The zero-order valence-electron chi connectivity index (χ0n) is 14.2. The topological polar surface area (TPSA) is 57.2 Å². The predicted octanol–water partition coefficient (Wildman–Crippen LogP) is 3.08. The normalized spacial score (nSPS) is 14.3. The summed E-state index contributed by atoms with van der Waals surface area (Å²) >= 11 is 0. The number of hydrogen-bond donors (Lipinski definition) is 1. The summed E-state index contributed by atoms with van der Waals surface area (Å²) in [5, 5.41) is 3.12. The van der Waals surface area contributed by atoms with E-state index in [1.54, 1.807) is 12.1 Å². The van der Waals surface area contributed by atoms with Gasteiger partial charge in [0.05, 0.1) is 0 Å². The van der Waals surface area contributed by atoms with Crippen molar-refractivity contribution in [1.82, 2.24) is 15.0 Å². The molecule has 1 N–H and O–H groups in total.